The van der Waals surface area contributed by atoms with Gasteiger partial charge in [0.15, 0.2) is 0 Å². The number of hydrogen-bond acceptors (Lipinski definition) is 11. The summed E-state index contributed by atoms with van der Waals surface area (Å²) in [6, 6.07) is 10.6. The van der Waals surface area contributed by atoms with Crippen LogP contribution in [0.25, 0.3) is 22.2 Å². The Morgan fingerprint density at radius 1 is 1.09 bits per heavy atom. The maximum Gasteiger partial charge on any atom is 0.342 e. The quantitative estimate of drug-likeness (QED) is 0.123. The van der Waals surface area contributed by atoms with Gasteiger partial charge in [0.2, 0.25) is 5.95 Å². The standard InChI is InChI=1S/C31H39N7O6/c1-19(2)43-30(39)22-17-32-31(34-29(22)23-18-37(44-20(3)4)25-12-10-9-11-21(23)25)33-24-15-27(38(40)41)26(16-28(24)42-8)36(7)14-13-35(5)6/h9-12,15-20H,13-14H2,1-8H3,(H,32,33,34). The molecule has 13 heteroatoms. The van der Waals surface area contributed by atoms with Gasteiger partial charge in [0.1, 0.15) is 23.1 Å². The molecule has 2 heterocycles. The summed E-state index contributed by atoms with van der Waals surface area (Å²) in [5.41, 5.74) is 2.47. The topological polar surface area (TPSA) is 137 Å². The molecule has 13 nitrogen and oxygen atoms in total. The van der Waals surface area contributed by atoms with Gasteiger partial charge in [0.25, 0.3) is 5.69 Å². The second-order valence-electron chi connectivity index (χ2n) is 11.1. The number of fused-ring (bicyclic) bond motifs is 1. The van der Waals surface area contributed by atoms with Crippen LogP contribution in [-0.4, -0.2) is 84.0 Å². The molecule has 0 bridgehead atoms. The highest BCUT2D eigenvalue weighted by Gasteiger charge is 2.25. The summed E-state index contributed by atoms with van der Waals surface area (Å²) >= 11 is 0. The van der Waals surface area contributed by atoms with Crippen LogP contribution in [0.5, 0.6) is 5.75 Å². The van der Waals surface area contributed by atoms with Crippen LogP contribution in [0.4, 0.5) is 23.0 Å². The van der Waals surface area contributed by atoms with Crippen molar-refractivity contribution >= 4 is 39.9 Å². The highest BCUT2D eigenvalue weighted by Crippen LogP contribution is 2.39. The number of ether oxygens (including phenoxy) is 2. The summed E-state index contributed by atoms with van der Waals surface area (Å²) in [7, 11) is 7.15. The largest absolute Gasteiger partial charge is 0.494 e. The Kier molecular flexibility index (Phi) is 9.89. The van der Waals surface area contributed by atoms with E-state index in [4.69, 9.17) is 19.3 Å². The Morgan fingerprint density at radius 3 is 2.45 bits per heavy atom. The summed E-state index contributed by atoms with van der Waals surface area (Å²) in [4.78, 5) is 43.8. The van der Waals surface area contributed by atoms with Crippen LogP contribution in [-0.2, 0) is 4.74 Å². The Morgan fingerprint density at radius 2 is 1.82 bits per heavy atom. The van der Waals surface area contributed by atoms with Gasteiger partial charge in [-0.05, 0) is 47.9 Å². The van der Waals surface area contributed by atoms with Gasteiger partial charge in [-0.1, -0.05) is 18.2 Å². The van der Waals surface area contributed by atoms with E-state index in [1.807, 2.05) is 62.0 Å². The van der Waals surface area contributed by atoms with Crippen molar-refractivity contribution in [1.82, 2.24) is 19.6 Å². The fourth-order valence-corrected chi connectivity index (χ4v) is 4.59. The fraction of sp³-hybridized carbons (Fsp3) is 0.387. The number of para-hydroxylation sites is 1. The van der Waals surface area contributed by atoms with Gasteiger partial charge in [-0.25, -0.2) is 14.8 Å². The minimum Gasteiger partial charge on any atom is -0.494 e. The van der Waals surface area contributed by atoms with Crippen molar-refractivity contribution < 1.29 is 24.0 Å². The third-order valence-corrected chi connectivity index (χ3v) is 6.64. The second kappa shape index (κ2) is 13.6. The van der Waals surface area contributed by atoms with E-state index in [-0.39, 0.29) is 35.1 Å². The average molecular weight is 606 g/mol. The van der Waals surface area contributed by atoms with Gasteiger partial charge < -0.3 is 29.4 Å². The van der Waals surface area contributed by atoms with E-state index in [1.54, 1.807) is 37.9 Å². The predicted octanol–water partition coefficient (Wildman–Crippen LogP) is 5.16. The molecule has 0 saturated carbocycles. The van der Waals surface area contributed by atoms with Crippen LogP contribution in [0.3, 0.4) is 0 Å². The third-order valence-electron chi connectivity index (χ3n) is 6.64. The minimum absolute atomic E-state index is 0.101. The van der Waals surface area contributed by atoms with Gasteiger partial charge >= 0.3 is 5.97 Å². The molecule has 0 unspecified atom stereocenters. The normalized spacial score (nSPS) is 11.3. The molecule has 0 aliphatic rings. The molecule has 234 valence electrons. The van der Waals surface area contributed by atoms with Gasteiger partial charge in [-0.2, -0.15) is 4.73 Å². The second-order valence-corrected chi connectivity index (χ2v) is 11.1. The number of rotatable bonds is 13. The van der Waals surface area contributed by atoms with Crippen LogP contribution in [0, 0.1) is 10.1 Å². The zero-order valence-electron chi connectivity index (χ0n) is 26.3. The molecule has 4 aromatic rings. The van der Waals surface area contributed by atoms with E-state index in [0.717, 1.165) is 10.9 Å². The van der Waals surface area contributed by atoms with Crippen molar-refractivity contribution in [3.05, 3.63) is 64.5 Å². The Hall–Kier alpha value is -4.91. The fourth-order valence-electron chi connectivity index (χ4n) is 4.59. The van der Waals surface area contributed by atoms with Crippen molar-refractivity contribution in [2.45, 2.75) is 39.9 Å². The summed E-state index contributed by atoms with van der Waals surface area (Å²) in [6.45, 7) is 8.64. The molecule has 0 spiro atoms. The zero-order chi connectivity index (χ0) is 32.1. The lowest BCUT2D eigenvalue weighted by atomic mass is 10.1. The number of nitro benzene ring substituents is 1. The number of nitrogens with zero attached hydrogens (tertiary/aromatic N) is 6. The molecule has 2 aromatic heterocycles. The average Bonchev–Trinajstić information content (AvgIpc) is 3.32. The first kappa shape index (κ1) is 32.0. The van der Waals surface area contributed by atoms with E-state index < -0.39 is 10.9 Å². The first-order valence-electron chi connectivity index (χ1n) is 14.2. The molecule has 2 aromatic carbocycles. The van der Waals surface area contributed by atoms with Gasteiger partial charge in [-0.15, -0.1) is 0 Å². The van der Waals surface area contributed by atoms with Crippen LogP contribution >= 0.6 is 0 Å². The number of likely N-dealkylation sites (N-methyl/N-ethyl adjacent to an activating group) is 2. The smallest absolute Gasteiger partial charge is 0.342 e. The SMILES string of the molecule is COc1cc(N(C)CCN(C)C)c([N+](=O)[O-])cc1Nc1ncc(C(=O)OC(C)C)c(-c2cn(OC(C)C)c3ccccc23)n1. The predicted molar refractivity (Wildman–Crippen MR) is 170 cm³/mol. The molecule has 0 atom stereocenters. The molecule has 0 fully saturated rings. The molecule has 0 amide bonds. The van der Waals surface area contributed by atoms with E-state index in [2.05, 4.69) is 10.3 Å². The van der Waals surface area contributed by atoms with Crippen molar-refractivity contribution in [1.29, 1.82) is 0 Å². The van der Waals surface area contributed by atoms with Crippen LogP contribution in [0.15, 0.2) is 48.8 Å². The number of anilines is 3. The molecular formula is C31H39N7O6. The lowest BCUT2D eigenvalue weighted by molar-refractivity contribution is -0.384. The number of methoxy groups -OCH3 is 1. The van der Waals surface area contributed by atoms with Crippen molar-refractivity contribution in [2.75, 3.05) is 51.6 Å². The number of carbonyl (C=O) groups is 1. The first-order chi connectivity index (χ1) is 20.9. The summed E-state index contributed by atoms with van der Waals surface area (Å²) < 4.78 is 12.8. The monoisotopic (exact) mass is 605 g/mol. The maximum absolute atomic E-state index is 13.2. The number of hydrogen-bond donors (Lipinski definition) is 1. The van der Waals surface area contributed by atoms with Gasteiger partial charge in [-0.3, -0.25) is 10.1 Å². The Bertz CT molecular complexity index is 1650. The molecule has 0 aliphatic heterocycles. The van der Waals surface area contributed by atoms with E-state index >= 15 is 0 Å². The summed E-state index contributed by atoms with van der Waals surface area (Å²) in [5.74, 6) is -0.122. The van der Waals surface area contributed by atoms with E-state index in [9.17, 15) is 14.9 Å². The molecule has 0 radical (unpaired) electrons. The van der Waals surface area contributed by atoms with Crippen LogP contribution in [0.2, 0.25) is 0 Å². The molecule has 44 heavy (non-hydrogen) atoms. The number of aromatic nitrogens is 3. The molecule has 0 saturated heterocycles. The number of carbonyl (C=O) groups excluding carboxylic acids is 1. The lowest BCUT2D eigenvalue weighted by Gasteiger charge is -2.22. The van der Waals surface area contributed by atoms with Crippen LogP contribution in [0.1, 0.15) is 38.1 Å². The van der Waals surface area contributed by atoms with Crippen molar-refractivity contribution in [3.8, 4) is 17.0 Å². The number of benzene rings is 2. The summed E-state index contributed by atoms with van der Waals surface area (Å²) in [6.07, 6.45) is 2.68. The summed E-state index contributed by atoms with van der Waals surface area (Å²) in [5, 5.41) is 16.0. The number of nitro groups is 1. The highest BCUT2D eigenvalue weighted by molar-refractivity contribution is 6.03. The van der Waals surface area contributed by atoms with Crippen molar-refractivity contribution in [2.24, 2.45) is 0 Å². The molecule has 4 rings (SSSR count). The van der Waals surface area contributed by atoms with Crippen molar-refractivity contribution in [3.63, 3.8) is 0 Å². The number of esters is 1. The number of nitrogens with one attached hydrogen (secondary N) is 1. The van der Waals surface area contributed by atoms with Gasteiger partial charge in [0, 0.05) is 49.4 Å². The van der Waals surface area contributed by atoms with Crippen LogP contribution < -0.4 is 19.8 Å². The minimum atomic E-state index is -0.582. The molecule has 0 aliphatic carbocycles. The zero-order valence-corrected chi connectivity index (χ0v) is 26.3. The molecular weight excluding hydrogens is 566 g/mol. The van der Waals surface area contributed by atoms with E-state index in [0.29, 0.717) is 35.8 Å². The van der Waals surface area contributed by atoms with E-state index in [1.165, 1.54) is 19.4 Å². The first-order valence-corrected chi connectivity index (χ1v) is 14.2. The lowest BCUT2D eigenvalue weighted by Crippen LogP contribution is -2.29. The Labute approximate surface area is 256 Å². The molecule has 1 N–H and O–H groups in total. The third kappa shape index (κ3) is 7.17. The highest BCUT2D eigenvalue weighted by atomic mass is 16.7. The Balaban J connectivity index is 1.84. The van der Waals surface area contributed by atoms with Gasteiger partial charge in [0.05, 0.1) is 41.2 Å². The maximum atomic E-state index is 13.2.